The van der Waals surface area contributed by atoms with Crippen LogP contribution in [0.2, 0.25) is 0 Å². The lowest BCUT2D eigenvalue weighted by molar-refractivity contribution is -0.137. The number of para-hydroxylation sites is 1. The maximum Gasteiger partial charge on any atom is 0.416 e. The van der Waals surface area contributed by atoms with Crippen molar-refractivity contribution in [1.29, 1.82) is 0 Å². The number of aryl methyl sites for hydroxylation is 1. The van der Waals surface area contributed by atoms with Gasteiger partial charge in [-0.1, -0.05) is 54.6 Å². The molecule has 0 atom stereocenters. The molecular weight excluding hydrogens is 475 g/mol. The van der Waals surface area contributed by atoms with Crippen molar-refractivity contribution < 1.29 is 13.2 Å². The first kappa shape index (κ1) is 24.0. The Bertz CT molecular complexity index is 1560. The predicted molar refractivity (Wildman–Crippen MR) is 141 cm³/mol. The first-order valence-corrected chi connectivity index (χ1v) is 11.5. The summed E-state index contributed by atoms with van der Waals surface area (Å²) in [5.74, 6) is 0.465. The molecule has 0 aliphatic heterocycles. The van der Waals surface area contributed by atoms with Crippen LogP contribution < -0.4 is 10.6 Å². The first-order chi connectivity index (χ1) is 17.9. The van der Waals surface area contributed by atoms with Crippen LogP contribution in [0.1, 0.15) is 17.0 Å². The zero-order valence-electron chi connectivity index (χ0n) is 19.8. The summed E-state index contributed by atoms with van der Waals surface area (Å²) >= 11 is 0. The Morgan fingerprint density at radius 3 is 2.38 bits per heavy atom. The van der Waals surface area contributed by atoms with E-state index < -0.39 is 11.7 Å². The van der Waals surface area contributed by atoms with E-state index >= 15 is 0 Å². The Morgan fingerprint density at radius 1 is 0.811 bits per heavy atom. The smallest absolute Gasteiger partial charge is 0.354 e. The molecule has 3 aromatic carbocycles. The number of pyridine rings is 1. The molecule has 5 aromatic rings. The van der Waals surface area contributed by atoms with Gasteiger partial charge in [-0.05, 0) is 48.9 Å². The molecule has 5 nitrogen and oxygen atoms in total. The fraction of sp³-hybridized carbons (Fsp3) is 0.0690. The summed E-state index contributed by atoms with van der Waals surface area (Å²) in [6.07, 6.45) is 0.630. The number of alkyl halides is 3. The van der Waals surface area contributed by atoms with E-state index in [0.29, 0.717) is 23.0 Å². The average Bonchev–Trinajstić information content (AvgIpc) is 2.90. The monoisotopic (exact) mass is 497 g/mol. The van der Waals surface area contributed by atoms with Crippen molar-refractivity contribution in [2.24, 2.45) is 0 Å². The summed E-state index contributed by atoms with van der Waals surface area (Å²) in [7, 11) is 0. The molecular formula is C29H22F3N5. The van der Waals surface area contributed by atoms with Gasteiger partial charge in [0.15, 0.2) is 0 Å². The van der Waals surface area contributed by atoms with E-state index in [1.54, 1.807) is 36.7 Å². The van der Waals surface area contributed by atoms with Crippen LogP contribution in [0.15, 0.2) is 97.3 Å². The molecule has 2 heterocycles. The minimum absolute atomic E-state index is 0.334. The van der Waals surface area contributed by atoms with Gasteiger partial charge >= 0.3 is 6.18 Å². The normalized spacial score (nSPS) is 11.7. The van der Waals surface area contributed by atoms with Crippen molar-refractivity contribution in [2.75, 3.05) is 10.6 Å². The lowest BCUT2D eigenvalue weighted by Gasteiger charge is -2.10. The minimum atomic E-state index is -4.39. The summed E-state index contributed by atoms with van der Waals surface area (Å²) < 4.78 is 38.8. The van der Waals surface area contributed by atoms with Crippen molar-refractivity contribution in [1.82, 2.24) is 15.0 Å². The third-order valence-electron chi connectivity index (χ3n) is 5.73. The molecule has 0 unspecified atom stereocenters. The van der Waals surface area contributed by atoms with Gasteiger partial charge in [-0.2, -0.15) is 13.2 Å². The van der Waals surface area contributed by atoms with Gasteiger partial charge in [0.05, 0.1) is 34.4 Å². The molecule has 0 aliphatic carbocycles. The number of anilines is 3. The number of halogens is 3. The summed E-state index contributed by atoms with van der Waals surface area (Å²) in [6, 6.07) is 24.7. The molecule has 184 valence electrons. The quantitative estimate of drug-likeness (QED) is 0.250. The lowest BCUT2D eigenvalue weighted by Crippen LogP contribution is -2.05. The summed E-state index contributed by atoms with van der Waals surface area (Å²) in [4.78, 5) is 13.7. The highest BCUT2D eigenvalue weighted by Crippen LogP contribution is 2.32. The summed E-state index contributed by atoms with van der Waals surface area (Å²) in [5, 5.41) is 7.05. The van der Waals surface area contributed by atoms with E-state index in [4.69, 9.17) is 4.98 Å². The molecule has 0 aliphatic rings. The van der Waals surface area contributed by atoms with Gasteiger partial charge in [0, 0.05) is 22.8 Å². The lowest BCUT2D eigenvalue weighted by atomic mass is 10.0. The van der Waals surface area contributed by atoms with Crippen LogP contribution in [0, 0.1) is 6.92 Å². The standard InChI is InChI=1S/C29H22F3N5/c1-19-25-11-6-12-26(20-7-3-2-4-8-20)27(25)37-28(35-19)33-16-15-22-13-14-24(18-34-22)36-23-10-5-9-21(17-23)29(30,31)32/h2-18,36H,1H3,(H,33,35,37)/b16-15+. The zero-order chi connectivity index (χ0) is 25.8. The van der Waals surface area contributed by atoms with Crippen LogP contribution in [0.25, 0.3) is 28.1 Å². The van der Waals surface area contributed by atoms with Gasteiger partial charge < -0.3 is 10.6 Å². The molecule has 0 amide bonds. The summed E-state index contributed by atoms with van der Waals surface area (Å²) in [5.41, 5.74) is 4.69. The second kappa shape index (κ2) is 10.1. The highest BCUT2D eigenvalue weighted by atomic mass is 19.4. The van der Waals surface area contributed by atoms with Gasteiger partial charge in [-0.15, -0.1) is 0 Å². The molecule has 2 N–H and O–H groups in total. The van der Waals surface area contributed by atoms with Gasteiger partial charge in [0.1, 0.15) is 0 Å². The molecule has 0 saturated carbocycles. The molecule has 8 heteroatoms. The Hall–Kier alpha value is -4.72. The van der Waals surface area contributed by atoms with Gasteiger partial charge in [-0.25, -0.2) is 9.97 Å². The molecule has 37 heavy (non-hydrogen) atoms. The van der Waals surface area contributed by atoms with E-state index in [1.165, 1.54) is 6.07 Å². The van der Waals surface area contributed by atoms with Crippen LogP contribution >= 0.6 is 0 Å². The number of benzene rings is 3. The predicted octanol–water partition coefficient (Wildman–Crippen LogP) is 7.85. The van der Waals surface area contributed by atoms with Gasteiger partial charge in [0.2, 0.25) is 5.95 Å². The summed E-state index contributed by atoms with van der Waals surface area (Å²) in [6.45, 7) is 1.95. The Morgan fingerprint density at radius 2 is 1.62 bits per heavy atom. The molecule has 0 bridgehead atoms. The number of nitrogens with zero attached hydrogens (tertiary/aromatic N) is 3. The van der Waals surface area contributed by atoms with Crippen molar-refractivity contribution in [3.8, 4) is 11.1 Å². The molecule has 5 rings (SSSR count). The van der Waals surface area contributed by atoms with E-state index in [0.717, 1.165) is 39.9 Å². The van der Waals surface area contributed by atoms with Crippen LogP contribution in [0.5, 0.6) is 0 Å². The number of aromatic nitrogens is 3. The van der Waals surface area contributed by atoms with Gasteiger partial charge in [-0.3, -0.25) is 4.98 Å². The molecule has 0 fully saturated rings. The minimum Gasteiger partial charge on any atom is -0.354 e. The van der Waals surface area contributed by atoms with Crippen molar-refractivity contribution in [2.45, 2.75) is 13.1 Å². The number of fused-ring (bicyclic) bond motifs is 1. The highest BCUT2D eigenvalue weighted by molar-refractivity contribution is 5.95. The van der Waals surface area contributed by atoms with Crippen molar-refractivity contribution >= 4 is 34.3 Å². The number of nitrogens with one attached hydrogen (secondary N) is 2. The van der Waals surface area contributed by atoms with Crippen LogP contribution in [0.3, 0.4) is 0 Å². The van der Waals surface area contributed by atoms with E-state index in [1.807, 2.05) is 43.3 Å². The molecule has 0 saturated heterocycles. The van der Waals surface area contributed by atoms with E-state index in [9.17, 15) is 13.2 Å². The fourth-order valence-electron chi connectivity index (χ4n) is 3.94. The molecule has 0 radical (unpaired) electrons. The number of rotatable bonds is 6. The second-order valence-electron chi connectivity index (χ2n) is 8.35. The van der Waals surface area contributed by atoms with E-state index in [-0.39, 0.29) is 0 Å². The van der Waals surface area contributed by atoms with Crippen LogP contribution in [0.4, 0.5) is 30.5 Å². The third kappa shape index (κ3) is 5.59. The van der Waals surface area contributed by atoms with Crippen molar-refractivity contribution in [3.63, 3.8) is 0 Å². The highest BCUT2D eigenvalue weighted by Gasteiger charge is 2.30. The topological polar surface area (TPSA) is 62.7 Å². The van der Waals surface area contributed by atoms with Gasteiger partial charge in [0.25, 0.3) is 0 Å². The zero-order valence-corrected chi connectivity index (χ0v) is 19.8. The van der Waals surface area contributed by atoms with Crippen LogP contribution in [-0.2, 0) is 6.18 Å². The average molecular weight is 498 g/mol. The maximum atomic E-state index is 12.9. The van der Waals surface area contributed by atoms with Crippen LogP contribution in [-0.4, -0.2) is 15.0 Å². The first-order valence-electron chi connectivity index (χ1n) is 11.5. The molecule has 2 aromatic heterocycles. The Labute approximate surface area is 211 Å². The largest absolute Gasteiger partial charge is 0.416 e. The maximum absolute atomic E-state index is 12.9. The Balaban J connectivity index is 1.30. The molecule has 0 spiro atoms. The SMILES string of the molecule is Cc1nc(N/C=C/c2ccc(Nc3cccc(C(F)(F)F)c3)cn2)nc2c(-c3ccccc3)cccc12. The third-order valence-corrected chi connectivity index (χ3v) is 5.73. The number of hydrogen-bond donors (Lipinski definition) is 2. The Kier molecular flexibility index (Phi) is 6.55. The fourth-order valence-corrected chi connectivity index (χ4v) is 3.94. The van der Waals surface area contributed by atoms with E-state index in [2.05, 4.69) is 32.7 Å². The van der Waals surface area contributed by atoms with Crippen molar-refractivity contribution in [3.05, 3.63) is 114 Å². The number of hydrogen-bond acceptors (Lipinski definition) is 5. The second-order valence-corrected chi connectivity index (χ2v) is 8.35.